The van der Waals surface area contributed by atoms with Crippen molar-refractivity contribution in [3.8, 4) is 23.0 Å². The van der Waals surface area contributed by atoms with Gasteiger partial charge >= 0.3 is 0 Å². The van der Waals surface area contributed by atoms with E-state index in [1.165, 1.54) is 32.1 Å². The summed E-state index contributed by atoms with van der Waals surface area (Å²) in [7, 11) is 2.79. The van der Waals surface area contributed by atoms with Gasteiger partial charge in [-0.05, 0) is 19.1 Å². The maximum atomic E-state index is 13.8. The summed E-state index contributed by atoms with van der Waals surface area (Å²) in [5.41, 5.74) is 0.229. The number of hydrogen-bond donors (Lipinski definition) is 0. The van der Waals surface area contributed by atoms with Gasteiger partial charge < -0.3 is 28.6 Å². The van der Waals surface area contributed by atoms with Crippen LogP contribution in [-0.4, -0.2) is 69.8 Å². The number of hydrogen-bond acceptors (Lipinski definition) is 7. The Bertz CT molecular complexity index is 1130. The molecule has 0 N–H and O–H groups in total. The monoisotopic (exact) mass is 519 g/mol. The first-order chi connectivity index (χ1) is 17.1. The van der Waals surface area contributed by atoms with Gasteiger partial charge in [0.25, 0.3) is 5.91 Å². The predicted molar refractivity (Wildman–Crippen MR) is 113 cm³/mol. The summed E-state index contributed by atoms with van der Waals surface area (Å²) in [6, 6.07) is 3.05. The summed E-state index contributed by atoms with van der Waals surface area (Å²) in [6.07, 6.45) is -0.687. The highest BCUT2D eigenvalue weighted by molar-refractivity contribution is 5.98. The Morgan fingerprint density at radius 2 is 1.56 bits per heavy atom. The van der Waals surface area contributed by atoms with Gasteiger partial charge in [-0.25, -0.2) is 13.2 Å². The Hall–Kier alpha value is -3.61. The summed E-state index contributed by atoms with van der Waals surface area (Å²) in [5, 5.41) is 0. The van der Waals surface area contributed by atoms with Gasteiger partial charge in [-0.1, -0.05) is 0 Å². The number of morpholine rings is 1. The van der Waals surface area contributed by atoms with Crippen LogP contribution in [0.25, 0.3) is 0 Å². The largest absolute Gasteiger partial charge is 0.493 e. The highest BCUT2D eigenvalue weighted by atomic mass is 19.2. The van der Waals surface area contributed by atoms with Crippen LogP contribution < -0.4 is 18.9 Å². The number of rotatable bonds is 9. The van der Waals surface area contributed by atoms with E-state index in [0.717, 1.165) is 0 Å². The van der Waals surface area contributed by atoms with Crippen LogP contribution in [0.2, 0.25) is 0 Å². The van der Waals surface area contributed by atoms with Gasteiger partial charge in [0.15, 0.2) is 29.6 Å². The Morgan fingerprint density at radius 1 is 0.917 bits per heavy atom. The van der Waals surface area contributed by atoms with E-state index in [9.17, 15) is 31.5 Å². The van der Waals surface area contributed by atoms with E-state index in [4.69, 9.17) is 18.9 Å². The first-order valence-electron chi connectivity index (χ1n) is 10.5. The highest BCUT2D eigenvalue weighted by Gasteiger charge is 2.30. The van der Waals surface area contributed by atoms with E-state index in [1.807, 2.05) is 0 Å². The molecule has 1 aliphatic heterocycles. The van der Waals surface area contributed by atoms with Crippen LogP contribution in [0.4, 0.5) is 22.0 Å². The predicted octanol–water partition coefficient (Wildman–Crippen LogP) is 3.29. The quantitative estimate of drug-likeness (QED) is 0.218. The second-order valence-electron chi connectivity index (χ2n) is 7.57. The Morgan fingerprint density at radius 3 is 2.14 bits per heavy atom. The Kier molecular flexibility index (Phi) is 8.56. The normalized spacial score (nSPS) is 15.4. The minimum Gasteiger partial charge on any atom is -0.493 e. The van der Waals surface area contributed by atoms with E-state index in [0.29, 0.717) is 5.75 Å². The average Bonchev–Trinajstić information content (AvgIpc) is 2.88. The van der Waals surface area contributed by atoms with Crippen molar-refractivity contribution in [2.75, 3.05) is 47.1 Å². The van der Waals surface area contributed by atoms with Crippen molar-refractivity contribution in [1.29, 1.82) is 0 Å². The molecule has 13 heteroatoms. The van der Waals surface area contributed by atoms with E-state index in [1.54, 1.807) is 6.07 Å². The zero-order chi connectivity index (χ0) is 26.6. The lowest BCUT2D eigenvalue weighted by Crippen LogP contribution is -2.49. The maximum Gasteiger partial charge on any atom is 0.260 e. The van der Waals surface area contributed by atoms with E-state index in [2.05, 4.69) is 4.74 Å². The molecule has 0 saturated carbocycles. The molecule has 0 spiro atoms. The van der Waals surface area contributed by atoms with Gasteiger partial charge in [0.1, 0.15) is 12.7 Å². The molecule has 2 aromatic carbocycles. The number of carbonyl (C=O) groups is 2. The summed E-state index contributed by atoms with van der Waals surface area (Å²) in [6.45, 7) is 0.349. The molecule has 3 rings (SSSR count). The molecule has 2 aromatic rings. The molecule has 0 aliphatic carbocycles. The van der Waals surface area contributed by atoms with Crippen LogP contribution in [0.1, 0.15) is 17.3 Å². The van der Waals surface area contributed by atoms with Gasteiger partial charge in [-0.15, -0.1) is 0 Å². The van der Waals surface area contributed by atoms with Gasteiger partial charge in [0.05, 0.1) is 32.9 Å². The molecule has 196 valence electrons. The minimum absolute atomic E-state index is 0.0407. The number of methoxy groups -OCH3 is 2. The number of benzene rings is 2. The molecular weight excluding hydrogens is 497 g/mol. The zero-order valence-corrected chi connectivity index (χ0v) is 19.5. The van der Waals surface area contributed by atoms with Crippen LogP contribution in [0.15, 0.2) is 12.1 Å². The Balaban J connectivity index is 1.67. The second-order valence-corrected chi connectivity index (χ2v) is 7.57. The molecule has 1 atom stereocenters. The van der Waals surface area contributed by atoms with Crippen LogP contribution in [0, 0.1) is 29.1 Å². The molecule has 1 saturated heterocycles. The molecule has 1 amide bonds. The van der Waals surface area contributed by atoms with E-state index < -0.39 is 53.5 Å². The second kappa shape index (κ2) is 11.4. The standard InChI is InChI=1S/C23H22F5NO7/c1-11(30)13-4-5-14(32-2)22(33-3)21(13)35-9-12-8-29(6-7-34-12)15(31)10-36-23-19(27)17(25)16(24)18(26)20(23)28/h4-5,12H,6-10H2,1-3H3. The molecule has 36 heavy (non-hydrogen) atoms. The van der Waals surface area contributed by atoms with Crippen molar-refractivity contribution in [3.63, 3.8) is 0 Å². The van der Waals surface area contributed by atoms with E-state index in [-0.39, 0.29) is 49.1 Å². The fourth-order valence-corrected chi connectivity index (χ4v) is 3.48. The number of halogens is 5. The van der Waals surface area contributed by atoms with Crippen LogP contribution in [-0.2, 0) is 9.53 Å². The summed E-state index contributed by atoms with van der Waals surface area (Å²) in [5.74, 6) is -13.1. The Labute approximate surface area is 202 Å². The number of ether oxygens (including phenoxy) is 5. The first-order valence-corrected chi connectivity index (χ1v) is 10.5. The zero-order valence-electron chi connectivity index (χ0n) is 19.5. The molecule has 1 unspecified atom stereocenters. The van der Waals surface area contributed by atoms with Crippen molar-refractivity contribution in [1.82, 2.24) is 4.90 Å². The highest BCUT2D eigenvalue weighted by Crippen LogP contribution is 2.40. The smallest absolute Gasteiger partial charge is 0.260 e. The lowest BCUT2D eigenvalue weighted by molar-refractivity contribution is -0.142. The lowest BCUT2D eigenvalue weighted by Gasteiger charge is -2.33. The van der Waals surface area contributed by atoms with Crippen molar-refractivity contribution >= 4 is 11.7 Å². The molecule has 0 radical (unpaired) electrons. The molecule has 0 bridgehead atoms. The van der Waals surface area contributed by atoms with Crippen molar-refractivity contribution in [2.45, 2.75) is 13.0 Å². The third-order valence-electron chi connectivity index (χ3n) is 5.29. The number of Topliss-reactive ketones (excluding diaryl/α,β-unsaturated/α-hetero) is 1. The first kappa shape index (κ1) is 27.0. The number of ketones is 1. The van der Waals surface area contributed by atoms with Gasteiger partial charge in [0, 0.05) is 6.54 Å². The topological polar surface area (TPSA) is 83.5 Å². The molecule has 0 aromatic heterocycles. The van der Waals surface area contributed by atoms with Gasteiger partial charge in [0.2, 0.25) is 34.8 Å². The molecule has 8 nitrogen and oxygen atoms in total. The number of amides is 1. The van der Waals surface area contributed by atoms with E-state index >= 15 is 0 Å². The summed E-state index contributed by atoms with van der Waals surface area (Å²) < 4.78 is 93.9. The summed E-state index contributed by atoms with van der Waals surface area (Å²) >= 11 is 0. The van der Waals surface area contributed by atoms with Crippen molar-refractivity contribution in [3.05, 3.63) is 46.8 Å². The number of carbonyl (C=O) groups excluding carboxylic acids is 2. The fourth-order valence-electron chi connectivity index (χ4n) is 3.48. The van der Waals surface area contributed by atoms with Crippen LogP contribution >= 0.6 is 0 Å². The van der Waals surface area contributed by atoms with Crippen LogP contribution in [0.3, 0.4) is 0 Å². The van der Waals surface area contributed by atoms with Gasteiger partial charge in [-0.3, -0.25) is 9.59 Å². The molecular formula is C23H22F5NO7. The lowest BCUT2D eigenvalue weighted by atomic mass is 10.1. The third kappa shape index (κ3) is 5.45. The maximum absolute atomic E-state index is 13.8. The van der Waals surface area contributed by atoms with Crippen molar-refractivity contribution in [2.24, 2.45) is 0 Å². The third-order valence-corrected chi connectivity index (χ3v) is 5.29. The van der Waals surface area contributed by atoms with Crippen molar-refractivity contribution < 1.29 is 55.2 Å². The molecule has 1 aliphatic rings. The van der Waals surface area contributed by atoms with Crippen LogP contribution in [0.5, 0.6) is 23.0 Å². The SMILES string of the molecule is COc1ccc(C(C)=O)c(OCC2CN(C(=O)COc3c(F)c(F)c(F)c(F)c3F)CCO2)c1OC. The number of nitrogens with zero attached hydrogens (tertiary/aromatic N) is 1. The molecule has 1 fully saturated rings. The average molecular weight is 519 g/mol. The minimum atomic E-state index is -2.33. The molecule has 1 heterocycles. The fraction of sp³-hybridized carbons (Fsp3) is 0.391. The van der Waals surface area contributed by atoms with Gasteiger partial charge in [-0.2, -0.15) is 8.78 Å². The summed E-state index contributed by atoms with van der Waals surface area (Å²) in [4.78, 5) is 25.7.